The molecule has 1 N–H and O–H groups in total. The summed E-state index contributed by atoms with van der Waals surface area (Å²) in [6.07, 6.45) is -8.83. The third kappa shape index (κ3) is 5.28. The van der Waals surface area contributed by atoms with Crippen molar-refractivity contribution in [3.63, 3.8) is 0 Å². The van der Waals surface area contributed by atoms with Crippen LogP contribution in [-0.4, -0.2) is 25.7 Å². The molecule has 0 aliphatic carbocycles. The van der Waals surface area contributed by atoms with Crippen molar-refractivity contribution >= 4 is 5.91 Å². The lowest BCUT2D eigenvalue weighted by atomic mass is 10.0. The Bertz CT molecular complexity index is 1210. The molecule has 0 aliphatic rings. The number of aromatic nitrogens is 4. The molecule has 172 valence electrons. The van der Waals surface area contributed by atoms with E-state index in [0.29, 0.717) is 12.1 Å². The predicted octanol–water partition coefficient (Wildman–Crippen LogP) is 4.37. The average Bonchev–Trinajstić information content (AvgIpc) is 3.14. The highest BCUT2D eigenvalue weighted by molar-refractivity contribution is 5.94. The zero-order valence-electron chi connectivity index (χ0n) is 17.0. The third-order valence-corrected chi connectivity index (χ3v) is 4.41. The van der Waals surface area contributed by atoms with Gasteiger partial charge in [-0.15, -0.1) is 5.10 Å². The lowest BCUT2D eigenvalue weighted by Crippen LogP contribution is -2.29. The molecule has 1 atom stereocenters. The van der Waals surface area contributed by atoms with E-state index in [4.69, 9.17) is 5.26 Å². The highest BCUT2D eigenvalue weighted by Gasteiger charge is 2.37. The maximum atomic E-state index is 13.1. The molecule has 0 radical (unpaired) electrons. The fourth-order valence-electron chi connectivity index (χ4n) is 2.91. The smallest absolute Gasteiger partial charge is 0.342 e. The lowest BCUT2D eigenvalue weighted by molar-refractivity contribution is -0.143. The number of rotatable bonds is 4. The number of nitriles is 1. The highest BCUT2D eigenvalue weighted by Crippen LogP contribution is 2.36. The van der Waals surface area contributed by atoms with Crippen LogP contribution in [0.3, 0.4) is 0 Å². The lowest BCUT2D eigenvalue weighted by Gasteiger charge is -2.17. The van der Waals surface area contributed by atoms with E-state index in [1.165, 1.54) is 36.9 Å². The molecule has 33 heavy (non-hydrogen) atoms. The van der Waals surface area contributed by atoms with E-state index in [1.807, 2.05) is 6.07 Å². The fourth-order valence-corrected chi connectivity index (χ4v) is 2.91. The molecule has 3 rings (SSSR count). The van der Waals surface area contributed by atoms with Crippen LogP contribution in [0.2, 0.25) is 0 Å². The number of nitrogens with one attached hydrogen (secondary N) is 1. The Morgan fingerprint density at radius 2 is 1.70 bits per heavy atom. The first-order valence-electron chi connectivity index (χ1n) is 9.20. The van der Waals surface area contributed by atoms with Gasteiger partial charge in [-0.05, 0) is 38.1 Å². The molecule has 0 saturated carbocycles. The van der Waals surface area contributed by atoms with Crippen LogP contribution in [-0.2, 0) is 12.4 Å². The maximum Gasteiger partial charge on any atom is 0.416 e. The molecule has 2 aromatic heterocycles. The normalized spacial score (nSPS) is 12.8. The second-order valence-electron chi connectivity index (χ2n) is 6.93. The van der Waals surface area contributed by atoms with Crippen LogP contribution in [0.25, 0.3) is 5.82 Å². The van der Waals surface area contributed by atoms with E-state index in [-0.39, 0.29) is 29.1 Å². The Hall–Kier alpha value is -3.95. The molecule has 0 bridgehead atoms. The van der Waals surface area contributed by atoms with Crippen molar-refractivity contribution in [2.75, 3.05) is 0 Å². The van der Waals surface area contributed by atoms with Gasteiger partial charge in [0.25, 0.3) is 5.91 Å². The molecular weight excluding hydrogens is 454 g/mol. The van der Waals surface area contributed by atoms with Gasteiger partial charge >= 0.3 is 12.4 Å². The largest absolute Gasteiger partial charge is 0.416 e. The number of benzene rings is 1. The Kier molecular flexibility index (Phi) is 6.13. The number of amides is 1. The SMILES string of the molecule is Cc1nc([C@H](C)NC(=O)c2cc(C(F)(F)F)cc(C(F)(F)F)c2)n(-c2cc(C#N)ccn2)n1. The van der Waals surface area contributed by atoms with E-state index in [1.54, 1.807) is 0 Å². The topological polar surface area (TPSA) is 96.5 Å². The first-order chi connectivity index (χ1) is 15.3. The summed E-state index contributed by atoms with van der Waals surface area (Å²) in [5.41, 5.74) is -3.77. The minimum atomic E-state index is -5.09. The third-order valence-electron chi connectivity index (χ3n) is 4.41. The van der Waals surface area contributed by atoms with Gasteiger partial charge in [0.05, 0.1) is 28.8 Å². The van der Waals surface area contributed by atoms with Crippen molar-refractivity contribution in [3.05, 3.63) is 70.4 Å². The van der Waals surface area contributed by atoms with Crippen molar-refractivity contribution in [2.24, 2.45) is 0 Å². The highest BCUT2D eigenvalue weighted by atomic mass is 19.4. The minimum absolute atomic E-state index is 0.0615. The van der Waals surface area contributed by atoms with Crippen molar-refractivity contribution < 1.29 is 31.1 Å². The quantitative estimate of drug-likeness (QED) is 0.574. The molecule has 0 spiro atoms. The van der Waals surface area contributed by atoms with Gasteiger partial charge in [-0.1, -0.05) is 0 Å². The summed E-state index contributed by atoms with van der Waals surface area (Å²) in [7, 11) is 0. The number of hydrogen-bond donors (Lipinski definition) is 1. The number of alkyl halides is 6. The minimum Gasteiger partial charge on any atom is -0.342 e. The summed E-state index contributed by atoms with van der Waals surface area (Å²) < 4.78 is 79.7. The second-order valence-corrected chi connectivity index (χ2v) is 6.93. The van der Waals surface area contributed by atoms with Crippen LogP contribution in [0.4, 0.5) is 26.3 Å². The first-order valence-corrected chi connectivity index (χ1v) is 9.20. The maximum absolute atomic E-state index is 13.1. The van der Waals surface area contributed by atoms with Crippen LogP contribution in [0, 0.1) is 18.3 Å². The summed E-state index contributed by atoms with van der Waals surface area (Å²) in [5, 5.41) is 15.5. The van der Waals surface area contributed by atoms with Crippen molar-refractivity contribution in [1.82, 2.24) is 25.1 Å². The summed E-state index contributed by atoms with van der Waals surface area (Å²) in [6, 6.07) is 4.40. The van der Waals surface area contributed by atoms with Crippen LogP contribution in [0.1, 0.15) is 51.7 Å². The number of nitrogens with zero attached hydrogens (tertiary/aromatic N) is 5. The number of hydrogen-bond acceptors (Lipinski definition) is 5. The first kappa shape index (κ1) is 23.7. The monoisotopic (exact) mass is 468 g/mol. The Balaban J connectivity index is 1.96. The van der Waals surface area contributed by atoms with E-state index >= 15 is 0 Å². The van der Waals surface area contributed by atoms with E-state index in [2.05, 4.69) is 20.4 Å². The van der Waals surface area contributed by atoms with E-state index in [0.717, 1.165) is 0 Å². The molecule has 0 aliphatic heterocycles. The fraction of sp³-hybridized carbons (Fsp3) is 0.250. The molecule has 13 heteroatoms. The summed E-state index contributed by atoms with van der Waals surface area (Å²) >= 11 is 0. The molecule has 3 aromatic rings. The van der Waals surface area contributed by atoms with Gasteiger partial charge in [-0.25, -0.2) is 9.97 Å². The number of carbonyl (C=O) groups excluding carboxylic acids is 1. The van der Waals surface area contributed by atoms with Crippen LogP contribution in [0.15, 0.2) is 36.5 Å². The molecule has 0 fully saturated rings. The van der Waals surface area contributed by atoms with Crippen LogP contribution in [0.5, 0.6) is 0 Å². The number of pyridine rings is 1. The molecule has 1 aromatic carbocycles. The standard InChI is InChI=1S/C20H14F6N6O/c1-10(17-30-11(2)31-32(17)16-5-12(9-27)3-4-28-16)29-18(33)13-6-14(19(21,22)23)8-15(7-13)20(24,25)26/h3-8,10H,1-2H3,(H,29,33)/t10-/m0/s1. The Morgan fingerprint density at radius 3 is 2.24 bits per heavy atom. The summed E-state index contributed by atoms with van der Waals surface area (Å²) in [4.78, 5) is 20.8. The predicted molar refractivity (Wildman–Crippen MR) is 101 cm³/mol. The number of carbonyl (C=O) groups is 1. The van der Waals surface area contributed by atoms with Crippen molar-refractivity contribution in [1.29, 1.82) is 5.26 Å². The Morgan fingerprint density at radius 1 is 1.09 bits per heavy atom. The average molecular weight is 468 g/mol. The van der Waals surface area contributed by atoms with Crippen molar-refractivity contribution in [2.45, 2.75) is 32.2 Å². The molecule has 7 nitrogen and oxygen atoms in total. The van der Waals surface area contributed by atoms with Gasteiger partial charge in [0.15, 0.2) is 11.6 Å². The van der Waals surface area contributed by atoms with Gasteiger partial charge in [0.2, 0.25) is 0 Å². The molecule has 2 heterocycles. The van der Waals surface area contributed by atoms with E-state index < -0.39 is 41.0 Å². The van der Waals surface area contributed by atoms with Gasteiger partial charge in [0, 0.05) is 17.8 Å². The van der Waals surface area contributed by atoms with Crippen LogP contribution < -0.4 is 5.32 Å². The van der Waals surface area contributed by atoms with Crippen molar-refractivity contribution in [3.8, 4) is 11.9 Å². The van der Waals surface area contributed by atoms with Gasteiger partial charge in [-0.2, -0.15) is 36.3 Å². The zero-order chi connectivity index (χ0) is 24.6. The van der Waals surface area contributed by atoms with E-state index in [9.17, 15) is 31.1 Å². The summed E-state index contributed by atoms with van der Waals surface area (Å²) in [5.74, 6) is -0.630. The van der Waals surface area contributed by atoms with Crippen LogP contribution >= 0.6 is 0 Å². The van der Waals surface area contributed by atoms with Gasteiger partial charge < -0.3 is 5.32 Å². The van der Waals surface area contributed by atoms with Gasteiger partial charge in [-0.3, -0.25) is 4.79 Å². The molecular formula is C20H14F6N6O. The Labute approximate surface area is 182 Å². The molecule has 0 unspecified atom stereocenters. The summed E-state index contributed by atoms with van der Waals surface area (Å²) in [6.45, 7) is 2.95. The zero-order valence-corrected chi connectivity index (χ0v) is 17.0. The number of halogens is 6. The molecule has 1 amide bonds. The molecule has 0 saturated heterocycles. The number of aryl methyl sites for hydroxylation is 1. The second kappa shape index (κ2) is 8.53. The van der Waals surface area contributed by atoms with Gasteiger partial charge in [0.1, 0.15) is 5.82 Å².